The van der Waals surface area contributed by atoms with Gasteiger partial charge in [0.05, 0.1) is 17.7 Å². The molecule has 0 heterocycles. The van der Waals surface area contributed by atoms with Crippen molar-refractivity contribution in [2.75, 3.05) is 0 Å². The molecule has 0 aliphatic heterocycles. The van der Waals surface area contributed by atoms with Crippen molar-refractivity contribution in [2.24, 2.45) is 34.5 Å². The molecule has 7 atom stereocenters. The summed E-state index contributed by atoms with van der Waals surface area (Å²) in [5.74, 6) is 3.48. The highest BCUT2D eigenvalue weighted by Crippen LogP contribution is 2.66. The van der Waals surface area contributed by atoms with Crippen LogP contribution in [-0.4, -0.2) is 11.2 Å². The molecule has 0 aromatic heterocycles. The maximum Gasteiger partial charge on any atom is 0.0994 e. The summed E-state index contributed by atoms with van der Waals surface area (Å²) >= 11 is 0. The number of nitriles is 1. The Morgan fingerprint density at radius 1 is 1.03 bits per heavy atom. The van der Waals surface area contributed by atoms with Crippen LogP contribution < -0.4 is 0 Å². The first-order valence-corrected chi connectivity index (χ1v) is 13.3. The van der Waals surface area contributed by atoms with Gasteiger partial charge >= 0.3 is 0 Å². The van der Waals surface area contributed by atoms with Gasteiger partial charge < -0.3 is 5.11 Å². The van der Waals surface area contributed by atoms with Crippen molar-refractivity contribution in [1.29, 1.82) is 5.26 Å². The number of aryl methyl sites for hydroxylation is 1. The van der Waals surface area contributed by atoms with Crippen LogP contribution in [0.15, 0.2) is 35.9 Å². The van der Waals surface area contributed by atoms with Crippen molar-refractivity contribution >= 4 is 0 Å². The van der Waals surface area contributed by atoms with Crippen LogP contribution in [0.3, 0.4) is 0 Å². The van der Waals surface area contributed by atoms with Gasteiger partial charge in [-0.2, -0.15) is 5.26 Å². The van der Waals surface area contributed by atoms with Crippen molar-refractivity contribution in [2.45, 2.75) is 97.0 Å². The number of hydrogen-bond donors (Lipinski definition) is 1. The van der Waals surface area contributed by atoms with E-state index in [1.54, 1.807) is 5.57 Å². The first kappa shape index (κ1) is 22.2. The fourth-order valence-corrected chi connectivity index (χ4v) is 8.78. The molecule has 0 radical (unpaired) electrons. The molecule has 0 bridgehead atoms. The third-order valence-electron chi connectivity index (χ3n) is 10.7. The second kappa shape index (κ2) is 8.64. The Hall–Kier alpha value is -1.59. The molecule has 1 aromatic rings. The quantitative estimate of drug-likeness (QED) is 0.395. The van der Waals surface area contributed by atoms with E-state index < -0.39 is 0 Å². The zero-order valence-corrected chi connectivity index (χ0v) is 20.2. The second-order valence-corrected chi connectivity index (χ2v) is 12.0. The van der Waals surface area contributed by atoms with Crippen LogP contribution >= 0.6 is 0 Å². The lowest BCUT2D eigenvalue weighted by Crippen LogP contribution is -2.50. The standard InChI is InChI=1S/C30H41NO/c1-29-18-16-28-26(13-11-24-19-25(32)15-17-30(24,28)2)27(29)14-12-23(29)10-6-5-8-21-7-3-4-9-22(21)20-31/h3-4,7,9,11,23,25-28,32H,5-6,8,10,12-19H2,1-2H3. The number of unbranched alkanes of at least 4 members (excludes halogenated alkanes) is 1. The fourth-order valence-electron chi connectivity index (χ4n) is 8.78. The van der Waals surface area contributed by atoms with E-state index in [0.29, 0.717) is 10.8 Å². The maximum absolute atomic E-state index is 10.2. The third kappa shape index (κ3) is 3.66. The molecule has 2 heteroatoms. The van der Waals surface area contributed by atoms with Gasteiger partial charge in [-0.05, 0) is 117 Å². The number of rotatable bonds is 5. The fraction of sp³-hybridized carbons (Fsp3) is 0.700. The minimum Gasteiger partial charge on any atom is -0.393 e. The largest absolute Gasteiger partial charge is 0.393 e. The van der Waals surface area contributed by atoms with Crippen LogP contribution in [0.25, 0.3) is 0 Å². The van der Waals surface area contributed by atoms with E-state index >= 15 is 0 Å². The first-order chi connectivity index (χ1) is 15.5. The molecule has 2 nitrogen and oxygen atoms in total. The van der Waals surface area contributed by atoms with Crippen LogP contribution in [0, 0.1) is 45.8 Å². The van der Waals surface area contributed by atoms with Gasteiger partial charge in [0.1, 0.15) is 0 Å². The van der Waals surface area contributed by atoms with Gasteiger partial charge in [0, 0.05) is 0 Å². The highest BCUT2D eigenvalue weighted by molar-refractivity contribution is 5.37. The monoisotopic (exact) mass is 431 g/mol. The Labute approximate surface area is 195 Å². The summed E-state index contributed by atoms with van der Waals surface area (Å²) in [6, 6.07) is 10.5. The molecule has 0 spiro atoms. The number of aliphatic hydroxyl groups is 1. The molecule has 5 rings (SSSR count). The van der Waals surface area contributed by atoms with Gasteiger partial charge in [-0.15, -0.1) is 0 Å². The van der Waals surface area contributed by atoms with Gasteiger partial charge in [-0.1, -0.05) is 50.1 Å². The van der Waals surface area contributed by atoms with E-state index in [9.17, 15) is 10.4 Å². The van der Waals surface area contributed by atoms with Crippen molar-refractivity contribution in [3.63, 3.8) is 0 Å². The predicted molar refractivity (Wildman–Crippen MR) is 130 cm³/mol. The summed E-state index contributed by atoms with van der Waals surface area (Å²) < 4.78 is 0. The number of benzene rings is 1. The number of hydrogen-bond acceptors (Lipinski definition) is 2. The summed E-state index contributed by atoms with van der Waals surface area (Å²) in [6.07, 6.45) is 17.4. The Bertz CT molecular complexity index is 912. The van der Waals surface area contributed by atoms with Crippen LogP contribution in [0.4, 0.5) is 0 Å². The predicted octanol–water partition coefficient (Wildman–Crippen LogP) is 7.21. The second-order valence-electron chi connectivity index (χ2n) is 12.0. The highest BCUT2D eigenvalue weighted by Gasteiger charge is 2.58. The topological polar surface area (TPSA) is 44.0 Å². The molecule has 1 N–H and O–H groups in total. The molecule has 7 unspecified atom stereocenters. The molecule has 0 amide bonds. The van der Waals surface area contributed by atoms with Gasteiger partial charge in [0.15, 0.2) is 0 Å². The molecule has 1 aromatic carbocycles. The van der Waals surface area contributed by atoms with E-state index in [-0.39, 0.29) is 6.10 Å². The summed E-state index contributed by atoms with van der Waals surface area (Å²) in [5, 5.41) is 19.6. The van der Waals surface area contributed by atoms with Crippen LogP contribution in [0.1, 0.15) is 95.6 Å². The molecule has 0 saturated heterocycles. The molecule has 4 aliphatic rings. The molecule has 3 saturated carbocycles. The van der Waals surface area contributed by atoms with E-state index in [0.717, 1.165) is 48.5 Å². The lowest BCUT2D eigenvalue weighted by atomic mass is 9.47. The van der Waals surface area contributed by atoms with Crippen LogP contribution in [0.2, 0.25) is 0 Å². The lowest BCUT2D eigenvalue weighted by Gasteiger charge is -2.58. The van der Waals surface area contributed by atoms with Gasteiger partial charge in [0.2, 0.25) is 0 Å². The van der Waals surface area contributed by atoms with E-state index in [1.807, 2.05) is 12.1 Å². The average Bonchev–Trinajstić information content (AvgIpc) is 3.13. The summed E-state index contributed by atoms with van der Waals surface area (Å²) in [6.45, 7) is 5.18. The Morgan fingerprint density at radius 3 is 2.72 bits per heavy atom. The Balaban J connectivity index is 1.22. The van der Waals surface area contributed by atoms with Crippen LogP contribution in [-0.2, 0) is 6.42 Å². The normalized spacial score (nSPS) is 40.6. The highest BCUT2D eigenvalue weighted by atomic mass is 16.3. The van der Waals surface area contributed by atoms with Crippen molar-refractivity contribution in [1.82, 2.24) is 0 Å². The van der Waals surface area contributed by atoms with E-state index in [2.05, 4.69) is 38.1 Å². The molecule has 32 heavy (non-hydrogen) atoms. The van der Waals surface area contributed by atoms with Gasteiger partial charge in [-0.25, -0.2) is 0 Å². The van der Waals surface area contributed by atoms with E-state index in [4.69, 9.17) is 0 Å². The van der Waals surface area contributed by atoms with Crippen molar-refractivity contribution in [3.8, 4) is 6.07 Å². The number of nitrogens with zero attached hydrogens (tertiary/aromatic N) is 1. The summed E-state index contributed by atoms with van der Waals surface area (Å²) in [7, 11) is 0. The zero-order valence-electron chi connectivity index (χ0n) is 20.2. The molecular formula is C30H41NO. The minimum atomic E-state index is -0.101. The average molecular weight is 432 g/mol. The minimum absolute atomic E-state index is 0.101. The van der Waals surface area contributed by atoms with Crippen molar-refractivity contribution in [3.05, 3.63) is 47.0 Å². The van der Waals surface area contributed by atoms with Crippen LogP contribution in [0.5, 0.6) is 0 Å². The smallest absolute Gasteiger partial charge is 0.0994 e. The first-order valence-electron chi connectivity index (χ1n) is 13.3. The SMILES string of the molecule is CC12CCC(O)CC1=CCC1C2CCC2(C)C(CCCCc3ccccc3C#N)CCC12. The molecular weight excluding hydrogens is 390 g/mol. The summed E-state index contributed by atoms with van der Waals surface area (Å²) in [4.78, 5) is 0. The van der Waals surface area contributed by atoms with Crippen molar-refractivity contribution < 1.29 is 5.11 Å². The lowest BCUT2D eigenvalue weighted by molar-refractivity contribution is -0.0508. The maximum atomic E-state index is 10.2. The molecule has 172 valence electrons. The molecule has 3 fully saturated rings. The Kier molecular flexibility index (Phi) is 6.00. The van der Waals surface area contributed by atoms with Gasteiger partial charge in [-0.3, -0.25) is 0 Å². The third-order valence-corrected chi connectivity index (χ3v) is 10.7. The number of fused-ring (bicyclic) bond motifs is 5. The van der Waals surface area contributed by atoms with Gasteiger partial charge in [0.25, 0.3) is 0 Å². The molecule has 4 aliphatic carbocycles. The summed E-state index contributed by atoms with van der Waals surface area (Å²) in [5.41, 5.74) is 4.55. The number of aliphatic hydroxyl groups excluding tert-OH is 1. The zero-order chi connectivity index (χ0) is 22.3. The van der Waals surface area contributed by atoms with E-state index in [1.165, 1.54) is 63.4 Å². The number of allylic oxidation sites excluding steroid dienone is 1. The Morgan fingerprint density at radius 2 is 1.88 bits per heavy atom.